The third-order valence-corrected chi connectivity index (χ3v) is 4.56. The number of halogens is 1. The first-order valence-corrected chi connectivity index (χ1v) is 8.35. The summed E-state index contributed by atoms with van der Waals surface area (Å²) in [7, 11) is 2.04. The highest BCUT2D eigenvalue weighted by Crippen LogP contribution is 2.24. The third kappa shape index (κ3) is 4.53. The number of rotatable bonds is 5. The topological polar surface area (TPSA) is 35.6 Å². The molecule has 1 atom stereocenters. The van der Waals surface area contributed by atoms with Crippen molar-refractivity contribution in [1.82, 2.24) is 15.1 Å². The van der Waals surface area contributed by atoms with E-state index in [-0.39, 0.29) is 11.9 Å². The van der Waals surface area contributed by atoms with E-state index < -0.39 is 0 Å². The van der Waals surface area contributed by atoms with E-state index in [1.165, 1.54) is 5.56 Å². The Balaban J connectivity index is 1.97. The molecule has 1 amide bonds. The molecule has 116 valence electrons. The second-order valence-electron chi connectivity index (χ2n) is 5.52. The number of amides is 1. The highest BCUT2D eigenvalue weighted by molar-refractivity contribution is 9.10. The largest absolute Gasteiger partial charge is 0.339 e. The zero-order valence-electron chi connectivity index (χ0n) is 12.8. The van der Waals surface area contributed by atoms with Crippen LogP contribution in [-0.4, -0.2) is 55.5 Å². The Hall–Kier alpha value is -0.910. The molecule has 0 aromatic heterocycles. The van der Waals surface area contributed by atoms with E-state index in [4.69, 9.17) is 0 Å². The van der Waals surface area contributed by atoms with Crippen LogP contribution in [-0.2, 0) is 4.79 Å². The van der Waals surface area contributed by atoms with E-state index in [0.29, 0.717) is 6.54 Å². The summed E-state index contributed by atoms with van der Waals surface area (Å²) in [5.41, 5.74) is 1.26. The molecule has 0 aliphatic carbocycles. The molecule has 5 heteroatoms. The lowest BCUT2D eigenvalue weighted by atomic mass is 10.0. The molecule has 1 aliphatic rings. The van der Waals surface area contributed by atoms with Gasteiger partial charge in [-0.15, -0.1) is 0 Å². The number of nitrogens with zero attached hydrogens (tertiary/aromatic N) is 2. The Bertz CT molecular complexity index is 457. The summed E-state index contributed by atoms with van der Waals surface area (Å²) in [6.45, 7) is 6.09. The van der Waals surface area contributed by atoms with Crippen molar-refractivity contribution in [3.05, 3.63) is 34.3 Å². The first-order valence-electron chi connectivity index (χ1n) is 7.56. The number of hydrogen-bond donors (Lipinski definition) is 1. The summed E-state index contributed by atoms with van der Waals surface area (Å²) in [5.74, 6) is 0.231. The Morgan fingerprint density at radius 3 is 2.52 bits per heavy atom. The number of benzene rings is 1. The average molecular weight is 354 g/mol. The molecule has 0 saturated carbocycles. The van der Waals surface area contributed by atoms with Crippen LogP contribution < -0.4 is 5.32 Å². The maximum absolute atomic E-state index is 12.4. The number of carbonyl (C=O) groups excluding carboxylic acids is 1. The molecule has 4 nitrogen and oxygen atoms in total. The molecule has 21 heavy (non-hydrogen) atoms. The van der Waals surface area contributed by atoms with Crippen molar-refractivity contribution in [3.8, 4) is 0 Å². The number of nitrogens with one attached hydrogen (secondary N) is 1. The standard InChI is InChI=1S/C16H24BrN3O/c1-3-15(13-4-6-14(17)7-5-13)19(2)12-16(21)20-10-8-18-9-11-20/h4-7,15,18H,3,8-12H2,1-2H3. The van der Waals surface area contributed by atoms with Crippen LogP contribution in [0.1, 0.15) is 24.9 Å². The first-order chi connectivity index (χ1) is 10.1. The van der Waals surface area contributed by atoms with Crippen LogP contribution in [0.15, 0.2) is 28.7 Å². The molecule has 1 aromatic rings. The van der Waals surface area contributed by atoms with E-state index in [9.17, 15) is 4.79 Å². The first kappa shape index (κ1) is 16.5. The molecule has 0 spiro atoms. The van der Waals surface area contributed by atoms with Gasteiger partial charge >= 0.3 is 0 Å². The van der Waals surface area contributed by atoms with Crippen molar-refractivity contribution in [1.29, 1.82) is 0 Å². The van der Waals surface area contributed by atoms with Crippen molar-refractivity contribution < 1.29 is 4.79 Å². The average Bonchev–Trinajstić information content (AvgIpc) is 2.50. The summed E-state index contributed by atoms with van der Waals surface area (Å²) >= 11 is 3.47. The fraction of sp³-hybridized carbons (Fsp3) is 0.562. The summed E-state index contributed by atoms with van der Waals surface area (Å²) in [6, 6.07) is 8.66. The molecule has 1 unspecified atom stereocenters. The molecule has 1 heterocycles. The third-order valence-electron chi connectivity index (χ3n) is 4.03. The minimum atomic E-state index is 0.231. The van der Waals surface area contributed by atoms with Crippen LogP contribution in [0.2, 0.25) is 0 Å². The van der Waals surface area contributed by atoms with Gasteiger partial charge < -0.3 is 10.2 Å². The van der Waals surface area contributed by atoms with Gasteiger partial charge in [0.25, 0.3) is 0 Å². The van der Waals surface area contributed by atoms with Crippen molar-refractivity contribution in [2.45, 2.75) is 19.4 Å². The van der Waals surface area contributed by atoms with Crippen molar-refractivity contribution in [2.75, 3.05) is 39.8 Å². The van der Waals surface area contributed by atoms with Gasteiger partial charge in [0, 0.05) is 36.7 Å². The molecule has 2 rings (SSSR count). The summed E-state index contributed by atoms with van der Waals surface area (Å²) in [5, 5.41) is 3.28. The minimum Gasteiger partial charge on any atom is -0.339 e. The molecular weight excluding hydrogens is 330 g/mol. The number of likely N-dealkylation sites (N-methyl/N-ethyl adjacent to an activating group) is 1. The van der Waals surface area contributed by atoms with E-state index in [1.54, 1.807) is 0 Å². The van der Waals surface area contributed by atoms with Crippen LogP contribution in [0, 0.1) is 0 Å². The minimum absolute atomic E-state index is 0.231. The maximum Gasteiger partial charge on any atom is 0.236 e. The Kier molecular flexibility index (Phi) is 6.21. The highest BCUT2D eigenvalue weighted by Gasteiger charge is 2.21. The Morgan fingerprint density at radius 2 is 1.95 bits per heavy atom. The highest BCUT2D eigenvalue weighted by atomic mass is 79.9. The fourth-order valence-electron chi connectivity index (χ4n) is 2.82. The van der Waals surface area contributed by atoms with Crippen molar-refractivity contribution in [3.63, 3.8) is 0 Å². The van der Waals surface area contributed by atoms with Gasteiger partial charge in [0.2, 0.25) is 5.91 Å². The van der Waals surface area contributed by atoms with Crippen LogP contribution in [0.4, 0.5) is 0 Å². The van der Waals surface area contributed by atoms with E-state index >= 15 is 0 Å². The van der Waals surface area contributed by atoms with Crippen molar-refractivity contribution >= 4 is 21.8 Å². The molecule has 1 aliphatic heterocycles. The van der Waals surface area contributed by atoms with Gasteiger partial charge in [0.05, 0.1) is 6.54 Å². The normalized spacial score (nSPS) is 17.0. The van der Waals surface area contributed by atoms with Crippen molar-refractivity contribution in [2.24, 2.45) is 0 Å². The predicted octanol–water partition coefficient (Wildman–Crippen LogP) is 2.26. The number of carbonyl (C=O) groups is 1. The summed E-state index contributed by atoms with van der Waals surface area (Å²) in [6.07, 6.45) is 0.993. The van der Waals surface area contributed by atoms with E-state index in [1.807, 2.05) is 11.9 Å². The van der Waals surface area contributed by atoms with Gasteiger partial charge in [-0.3, -0.25) is 9.69 Å². The lowest BCUT2D eigenvalue weighted by Gasteiger charge is -2.32. The Morgan fingerprint density at radius 1 is 1.33 bits per heavy atom. The fourth-order valence-corrected chi connectivity index (χ4v) is 3.09. The molecule has 1 saturated heterocycles. The summed E-state index contributed by atoms with van der Waals surface area (Å²) < 4.78 is 1.08. The predicted molar refractivity (Wildman–Crippen MR) is 89.3 cm³/mol. The van der Waals surface area contributed by atoms with E-state index in [0.717, 1.165) is 37.1 Å². The van der Waals surface area contributed by atoms with Crippen LogP contribution in [0.3, 0.4) is 0 Å². The zero-order chi connectivity index (χ0) is 15.2. The van der Waals surface area contributed by atoms with Gasteiger partial charge in [-0.25, -0.2) is 0 Å². The van der Waals surface area contributed by atoms with Gasteiger partial charge in [-0.2, -0.15) is 0 Å². The lowest BCUT2D eigenvalue weighted by molar-refractivity contribution is -0.133. The Labute approximate surface area is 135 Å². The SMILES string of the molecule is CCC(c1ccc(Br)cc1)N(C)CC(=O)N1CCNCC1. The van der Waals surface area contributed by atoms with Gasteiger partial charge in [-0.1, -0.05) is 35.0 Å². The molecule has 1 N–H and O–H groups in total. The maximum atomic E-state index is 12.4. The van der Waals surface area contributed by atoms with Gasteiger partial charge in [0.1, 0.15) is 0 Å². The van der Waals surface area contributed by atoms with Gasteiger partial charge in [0.15, 0.2) is 0 Å². The summed E-state index contributed by atoms with van der Waals surface area (Å²) in [4.78, 5) is 16.5. The quantitative estimate of drug-likeness (QED) is 0.881. The number of piperazine rings is 1. The molecule has 1 aromatic carbocycles. The second kappa shape index (κ2) is 7.92. The lowest BCUT2D eigenvalue weighted by Crippen LogP contribution is -2.49. The smallest absolute Gasteiger partial charge is 0.236 e. The van der Waals surface area contributed by atoms with Crippen LogP contribution in [0.5, 0.6) is 0 Å². The molecular formula is C16H24BrN3O. The zero-order valence-corrected chi connectivity index (χ0v) is 14.4. The molecule has 0 radical (unpaired) electrons. The van der Waals surface area contributed by atoms with E-state index in [2.05, 4.69) is 57.3 Å². The molecule has 0 bridgehead atoms. The van der Waals surface area contributed by atoms with Crippen LogP contribution >= 0.6 is 15.9 Å². The number of hydrogen-bond acceptors (Lipinski definition) is 3. The van der Waals surface area contributed by atoms with Crippen LogP contribution in [0.25, 0.3) is 0 Å². The molecule has 1 fully saturated rings. The monoisotopic (exact) mass is 353 g/mol. The second-order valence-corrected chi connectivity index (χ2v) is 6.44. The van der Waals surface area contributed by atoms with Gasteiger partial charge in [-0.05, 0) is 31.2 Å².